The van der Waals surface area contributed by atoms with Gasteiger partial charge in [0.1, 0.15) is 0 Å². The number of ether oxygens (including phenoxy) is 1. The van der Waals surface area contributed by atoms with Gasteiger partial charge in [-0.15, -0.1) is 11.3 Å². The van der Waals surface area contributed by atoms with E-state index in [-0.39, 0.29) is 0 Å². The molecule has 1 aromatic heterocycles. The van der Waals surface area contributed by atoms with Gasteiger partial charge in [-0.05, 0) is 43.2 Å². The quantitative estimate of drug-likeness (QED) is 0.570. The molecule has 1 saturated carbocycles. The highest BCUT2D eigenvalue weighted by Gasteiger charge is 2.36. The molecular formula is C17H29N3OS. The zero-order chi connectivity index (χ0) is 15.8. The maximum atomic E-state index is 5.25. The normalized spacial score (nSPS) is 17.1. The molecule has 1 aromatic rings. The standard InChI is InChI=1S/C17H29N3OS/c1-4-14-6-7-15(22-14)12-19-16(18-2)20-13-17(8-5-9-17)10-11-21-3/h6-7H,4-5,8-13H2,1-3H3,(H2,18,19,20). The number of hydrogen-bond acceptors (Lipinski definition) is 3. The molecule has 0 spiro atoms. The van der Waals surface area contributed by atoms with Crippen LogP contribution >= 0.6 is 11.3 Å². The second kappa shape index (κ2) is 8.53. The molecule has 1 aliphatic carbocycles. The first-order valence-electron chi connectivity index (χ1n) is 8.22. The van der Waals surface area contributed by atoms with Crippen molar-refractivity contribution in [3.63, 3.8) is 0 Å². The highest BCUT2D eigenvalue weighted by molar-refractivity contribution is 7.11. The van der Waals surface area contributed by atoms with Crippen molar-refractivity contribution in [3.05, 3.63) is 21.9 Å². The van der Waals surface area contributed by atoms with E-state index in [4.69, 9.17) is 4.74 Å². The van der Waals surface area contributed by atoms with Crippen molar-refractivity contribution in [1.29, 1.82) is 0 Å². The summed E-state index contributed by atoms with van der Waals surface area (Å²) in [5, 5.41) is 6.92. The summed E-state index contributed by atoms with van der Waals surface area (Å²) >= 11 is 1.87. The second-order valence-corrected chi connectivity index (χ2v) is 7.35. The van der Waals surface area contributed by atoms with Crippen molar-refractivity contribution in [1.82, 2.24) is 10.6 Å². The van der Waals surface area contributed by atoms with Gasteiger partial charge in [-0.2, -0.15) is 0 Å². The van der Waals surface area contributed by atoms with E-state index in [0.29, 0.717) is 5.41 Å². The first-order valence-corrected chi connectivity index (χ1v) is 9.04. The fourth-order valence-corrected chi connectivity index (χ4v) is 3.78. The molecule has 2 rings (SSSR count). The Balaban J connectivity index is 1.77. The molecule has 4 nitrogen and oxygen atoms in total. The van der Waals surface area contributed by atoms with E-state index >= 15 is 0 Å². The lowest BCUT2D eigenvalue weighted by Crippen LogP contribution is -2.46. The molecule has 1 heterocycles. The minimum absolute atomic E-state index is 0.409. The summed E-state index contributed by atoms with van der Waals surface area (Å²) < 4.78 is 5.25. The molecule has 1 aliphatic rings. The van der Waals surface area contributed by atoms with Crippen LogP contribution in [0, 0.1) is 5.41 Å². The molecule has 5 heteroatoms. The highest BCUT2D eigenvalue weighted by atomic mass is 32.1. The van der Waals surface area contributed by atoms with E-state index < -0.39 is 0 Å². The smallest absolute Gasteiger partial charge is 0.191 e. The predicted octanol–water partition coefficient (Wildman–Crippen LogP) is 3.18. The van der Waals surface area contributed by atoms with Gasteiger partial charge in [0.15, 0.2) is 5.96 Å². The Bertz CT molecular complexity index is 480. The molecular weight excluding hydrogens is 294 g/mol. The van der Waals surface area contributed by atoms with Crippen LogP contribution in [-0.4, -0.2) is 33.3 Å². The Labute approximate surface area is 138 Å². The summed E-state index contributed by atoms with van der Waals surface area (Å²) in [5.74, 6) is 0.898. The van der Waals surface area contributed by atoms with Crippen LogP contribution in [0.3, 0.4) is 0 Å². The summed E-state index contributed by atoms with van der Waals surface area (Å²) in [6.07, 6.45) is 6.18. The van der Waals surface area contributed by atoms with Crippen LogP contribution in [0.15, 0.2) is 17.1 Å². The number of aryl methyl sites for hydroxylation is 1. The molecule has 0 bridgehead atoms. The minimum atomic E-state index is 0.409. The second-order valence-electron chi connectivity index (χ2n) is 6.10. The molecule has 2 N–H and O–H groups in total. The molecule has 0 aromatic carbocycles. The monoisotopic (exact) mass is 323 g/mol. The molecule has 0 aliphatic heterocycles. The van der Waals surface area contributed by atoms with Crippen LogP contribution in [-0.2, 0) is 17.7 Å². The number of methoxy groups -OCH3 is 1. The van der Waals surface area contributed by atoms with E-state index in [9.17, 15) is 0 Å². The maximum Gasteiger partial charge on any atom is 0.191 e. The summed E-state index contributed by atoms with van der Waals surface area (Å²) in [5.41, 5.74) is 0.409. The average Bonchev–Trinajstić information content (AvgIpc) is 2.96. The van der Waals surface area contributed by atoms with Gasteiger partial charge >= 0.3 is 0 Å². The van der Waals surface area contributed by atoms with Gasteiger partial charge in [0.2, 0.25) is 0 Å². The van der Waals surface area contributed by atoms with Crippen LogP contribution in [0.25, 0.3) is 0 Å². The van der Waals surface area contributed by atoms with Gasteiger partial charge in [0.25, 0.3) is 0 Å². The minimum Gasteiger partial charge on any atom is -0.385 e. The van der Waals surface area contributed by atoms with Crippen LogP contribution in [0.2, 0.25) is 0 Å². The van der Waals surface area contributed by atoms with E-state index in [1.165, 1.54) is 29.0 Å². The van der Waals surface area contributed by atoms with Crippen LogP contribution in [0.5, 0.6) is 0 Å². The highest BCUT2D eigenvalue weighted by Crippen LogP contribution is 2.43. The van der Waals surface area contributed by atoms with E-state index in [2.05, 4.69) is 34.7 Å². The summed E-state index contributed by atoms with van der Waals surface area (Å²) in [7, 11) is 3.62. The fourth-order valence-electron chi connectivity index (χ4n) is 2.88. The van der Waals surface area contributed by atoms with Gasteiger partial charge in [-0.3, -0.25) is 4.99 Å². The summed E-state index contributed by atoms with van der Waals surface area (Å²) in [4.78, 5) is 7.14. The molecule has 0 amide bonds. The third-order valence-corrected chi connectivity index (χ3v) is 5.83. The number of aliphatic imine (C=N–C) groups is 1. The first kappa shape index (κ1) is 17.3. The van der Waals surface area contributed by atoms with E-state index in [1.54, 1.807) is 7.11 Å². The number of nitrogens with one attached hydrogen (secondary N) is 2. The Kier molecular flexibility index (Phi) is 6.70. The van der Waals surface area contributed by atoms with Crippen molar-refractivity contribution >= 4 is 17.3 Å². The molecule has 124 valence electrons. The van der Waals surface area contributed by atoms with Crippen molar-refractivity contribution < 1.29 is 4.74 Å². The lowest BCUT2D eigenvalue weighted by Gasteiger charge is -2.42. The Hall–Kier alpha value is -1.07. The van der Waals surface area contributed by atoms with Crippen LogP contribution < -0.4 is 10.6 Å². The Morgan fingerprint density at radius 2 is 2.09 bits per heavy atom. The Morgan fingerprint density at radius 1 is 1.32 bits per heavy atom. The van der Waals surface area contributed by atoms with Gasteiger partial charge in [0.05, 0.1) is 6.54 Å². The predicted molar refractivity (Wildman–Crippen MR) is 94.7 cm³/mol. The van der Waals surface area contributed by atoms with Gasteiger partial charge in [0, 0.05) is 37.1 Å². The number of thiophene rings is 1. The van der Waals surface area contributed by atoms with Crippen molar-refractivity contribution in [2.45, 2.75) is 45.6 Å². The molecule has 22 heavy (non-hydrogen) atoms. The Morgan fingerprint density at radius 3 is 2.64 bits per heavy atom. The average molecular weight is 324 g/mol. The lowest BCUT2D eigenvalue weighted by atomic mass is 9.67. The topological polar surface area (TPSA) is 45.7 Å². The van der Waals surface area contributed by atoms with Gasteiger partial charge in [-0.1, -0.05) is 13.3 Å². The third-order valence-electron chi connectivity index (χ3n) is 4.60. The van der Waals surface area contributed by atoms with Gasteiger partial charge in [-0.25, -0.2) is 0 Å². The maximum absolute atomic E-state index is 5.25. The lowest BCUT2D eigenvalue weighted by molar-refractivity contribution is 0.0732. The zero-order valence-corrected chi connectivity index (χ0v) is 14.9. The van der Waals surface area contributed by atoms with Crippen molar-refractivity contribution in [2.75, 3.05) is 27.3 Å². The number of hydrogen-bond donors (Lipinski definition) is 2. The number of nitrogens with zero attached hydrogens (tertiary/aromatic N) is 1. The van der Waals surface area contributed by atoms with E-state index in [1.807, 2.05) is 18.4 Å². The van der Waals surface area contributed by atoms with Crippen LogP contribution in [0.1, 0.15) is 42.4 Å². The SMILES string of the molecule is CCc1ccc(CNC(=NC)NCC2(CCOC)CCC2)s1. The molecule has 0 atom stereocenters. The largest absolute Gasteiger partial charge is 0.385 e. The van der Waals surface area contributed by atoms with E-state index in [0.717, 1.165) is 38.5 Å². The number of guanidine groups is 1. The van der Waals surface area contributed by atoms with Crippen LogP contribution in [0.4, 0.5) is 0 Å². The zero-order valence-electron chi connectivity index (χ0n) is 14.1. The number of rotatable bonds is 8. The van der Waals surface area contributed by atoms with Crippen molar-refractivity contribution in [2.24, 2.45) is 10.4 Å². The molecule has 0 unspecified atom stereocenters. The fraction of sp³-hybridized carbons (Fsp3) is 0.706. The third kappa shape index (κ3) is 4.71. The summed E-state index contributed by atoms with van der Waals surface area (Å²) in [6.45, 7) is 4.88. The molecule has 0 radical (unpaired) electrons. The first-order chi connectivity index (χ1) is 10.7. The molecule has 1 fully saturated rings. The molecule has 0 saturated heterocycles. The summed E-state index contributed by atoms with van der Waals surface area (Å²) in [6, 6.07) is 4.42. The van der Waals surface area contributed by atoms with Crippen molar-refractivity contribution in [3.8, 4) is 0 Å². The van der Waals surface area contributed by atoms with Gasteiger partial charge < -0.3 is 15.4 Å².